The topological polar surface area (TPSA) is 293 Å². The van der Waals surface area contributed by atoms with Gasteiger partial charge in [0.2, 0.25) is 29.5 Å². The summed E-state index contributed by atoms with van der Waals surface area (Å²) in [4.78, 5) is 78.3. The van der Waals surface area contributed by atoms with Gasteiger partial charge in [0.15, 0.2) is 5.96 Å². The van der Waals surface area contributed by atoms with Gasteiger partial charge in [0.05, 0.1) is 12.6 Å². The van der Waals surface area contributed by atoms with Crippen molar-refractivity contribution < 1.29 is 39.0 Å². The fourth-order valence-corrected chi connectivity index (χ4v) is 3.94. The number of nitrogens with zero attached hydrogens (tertiary/aromatic N) is 1. The number of carbonyl (C=O) groups is 6. The molecular formula is C28H45N9O8. The number of phenolic OH excluding ortho intramolecular Hbond substituents is 1. The summed E-state index contributed by atoms with van der Waals surface area (Å²) < 4.78 is 0. The Bertz CT molecular complexity index is 1200. The number of carboxylic acid groups (broad SMARTS) is 1. The smallest absolute Gasteiger partial charge is 0.322 e. The highest BCUT2D eigenvalue weighted by molar-refractivity contribution is 5.95. The van der Waals surface area contributed by atoms with Gasteiger partial charge in [-0.2, -0.15) is 0 Å². The number of hydrogen-bond acceptors (Lipinski definition) is 9. The van der Waals surface area contributed by atoms with Gasteiger partial charge in [0.25, 0.3) is 0 Å². The molecule has 0 radical (unpaired) electrons. The second kappa shape index (κ2) is 19.4. The van der Waals surface area contributed by atoms with Crippen molar-refractivity contribution in [3.05, 3.63) is 29.8 Å². The van der Waals surface area contributed by atoms with Crippen molar-refractivity contribution in [1.29, 1.82) is 0 Å². The van der Waals surface area contributed by atoms with E-state index in [4.69, 9.17) is 22.3 Å². The molecule has 4 atom stereocenters. The molecular weight excluding hydrogens is 590 g/mol. The zero-order valence-corrected chi connectivity index (χ0v) is 25.7. The molecule has 0 saturated carbocycles. The van der Waals surface area contributed by atoms with E-state index in [1.807, 2.05) is 13.8 Å². The normalized spacial score (nSPS) is 13.4. The van der Waals surface area contributed by atoms with Crippen LogP contribution in [-0.4, -0.2) is 95.5 Å². The molecule has 1 rings (SSSR count). The highest BCUT2D eigenvalue weighted by Gasteiger charge is 2.28. The number of aromatic hydroxyl groups is 1. The average molecular weight is 636 g/mol. The Balaban J connectivity index is 2.89. The lowest BCUT2D eigenvalue weighted by atomic mass is 10.0. The van der Waals surface area contributed by atoms with Crippen molar-refractivity contribution in [3.63, 3.8) is 0 Å². The van der Waals surface area contributed by atoms with E-state index in [0.717, 1.165) is 0 Å². The molecule has 0 aliphatic heterocycles. The summed E-state index contributed by atoms with van der Waals surface area (Å²) in [6, 6.07) is 1.57. The molecule has 5 amide bonds. The van der Waals surface area contributed by atoms with Crippen molar-refractivity contribution in [2.24, 2.45) is 28.1 Å². The van der Waals surface area contributed by atoms with Crippen molar-refractivity contribution in [2.75, 3.05) is 19.6 Å². The summed E-state index contributed by atoms with van der Waals surface area (Å²) in [5, 5.41) is 30.6. The molecule has 250 valence electrons. The molecule has 0 spiro atoms. The van der Waals surface area contributed by atoms with Gasteiger partial charge in [0, 0.05) is 13.0 Å². The van der Waals surface area contributed by atoms with Crippen LogP contribution in [0.4, 0.5) is 0 Å². The van der Waals surface area contributed by atoms with Gasteiger partial charge >= 0.3 is 5.97 Å². The summed E-state index contributed by atoms with van der Waals surface area (Å²) >= 11 is 0. The number of rotatable bonds is 19. The Morgan fingerprint density at radius 3 is 2.02 bits per heavy atom. The number of aliphatic carboxylic acids is 1. The molecule has 45 heavy (non-hydrogen) atoms. The van der Waals surface area contributed by atoms with Crippen LogP contribution < -0.4 is 43.8 Å². The third kappa shape index (κ3) is 15.9. The quantitative estimate of drug-likeness (QED) is 0.0419. The van der Waals surface area contributed by atoms with Crippen molar-refractivity contribution in [2.45, 2.75) is 70.6 Å². The van der Waals surface area contributed by atoms with Gasteiger partial charge < -0.3 is 54.0 Å². The number of carboxylic acids is 1. The predicted octanol–water partition coefficient (Wildman–Crippen LogP) is -2.85. The molecule has 1 aromatic rings. The summed E-state index contributed by atoms with van der Waals surface area (Å²) in [5.74, 6) is -4.81. The van der Waals surface area contributed by atoms with Crippen LogP contribution in [0.3, 0.4) is 0 Å². The summed E-state index contributed by atoms with van der Waals surface area (Å²) in [6.07, 6.45) is 0.876. The Labute approximate surface area is 261 Å². The first-order chi connectivity index (χ1) is 21.1. The molecule has 17 nitrogen and oxygen atoms in total. The van der Waals surface area contributed by atoms with Gasteiger partial charge in [-0.15, -0.1) is 0 Å². The number of nitrogens with one attached hydrogen (secondary N) is 5. The van der Waals surface area contributed by atoms with E-state index in [1.54, 1.807) is 12.1 Å². The van der Waals surface area contributed by atoms with Gasteiger partial charge in [0.1, 0.15) is 30.4 Å². The molecule has 0 saturated heterocycles. The van der Waals surface area contributed by atoms with E-state index in [-0.39, 0.29) is 43.4 Å². The first-order valence-electron chi connectivity index (χ1n) is 14.3. The highest BCUT2D eigenvalue weighted by Crippen LogP contribution is 2.12. The number of benzene rings is 1. The maximum Gasteiger partial charge on any atom is 0.322 e. The van der Waals surface area contributed by atoms with Crippen LogP contribution >= 0.6 is 0 Å². The number of hydrogen-bond donors (Lipinski definition) is 10. The van der Waals surface area contributed by atoms with E-state index < -0.39 is 72.8 Å². The van der Waals surface area contributed by atoms with Crippen LogP contribution in [0.15, 0.2) is 29.3 Å². The lowest BCUT2D eigenvalue weighted by Gasteiger charge is -2.24. The van der Waals surface area contributed by atoms with E-state index in [2.05, 4.69) is 31.6 Å². The minimum atomic E-state index is -1.25. The van der Waals surface area contributed by atoms with E-state index in [1.165, 1.54) is 19.1 Å². The minimum absolute atomic E-state index is 0.00484. The number of guanidine groups is 1. The van der Waals surface area contributed by atoms with E-state index in [9.17, 15) is 33.9 Å². The maximum atomic E-state index is 13.2. The Morgan fingerprint density at radius 1 is 0.822 bits per heavy atom. The first kappa shape index (κ1) is 38.1. The predicted molar refractivity (Wildman–Crippen MR) is 164 cm³/mol. The number of phenols is 1. The van der Waals surface area contributed by atoms with E-state index in [0.29, 0.717) is 12.0 Å². The summed E-state index contributed by atoms with van der Waals surface area (Å²) in [7, 11) is 0. The molecule has 0 bridgehead atoms. The van der Waals surface area contributed by atoms with Crippen LogP contribution in [0.1, 0.15) is 45.6 Å². The molecule has 0 aliphatic rings. The number of aliphatic imine (C=N–C) groups is 1. The zero-order chi connectivity index (χ0) is 34.1. The number of carbonyl (C=O) groups excluding carboxylic acids is 5. The van der Waals surface area contributed by atoms with E-state index >= 15 is 0 Å². The van der Waals surface area contributed by atoms with Gasteiger partial charge in [-0.25, -0.2) is 0 Å². The second-order valence-electron chi connectivity index (χ2n) is 10.8. The molecule has 0 aromatic heterocycles. The van der Waals surface area contributed by atoms with Crippen molar-refractivity contribution in [1.82, 2.24) is 26.6 Å². The molecule has 0 aliphatic carbocycles. The lowest BCUT2D eigenvalue weighted by Crippen LogP contribution is -2.57. The lowest BCUT2D eigenvalue weighted by molar-refractivity contribution is -0.138. The Kier molecular flexibility index (Phi) is 16.4. The third-order valence-corrected chi connectivity index (χ3v) is 6.26. The number of amides is 5. The molecule has 17 heteroatoms. The molecule has 1 aromatic carbocycles. The standard InChI is InChI=1S/C28H45N9O8/c1-15(2)11-20(26(44)34-14-23(40)41)37-24(42)16(3)35-27(45)21(12-17-6-8-18(38)9-7-17)36-22(39)13-33-25(43)19(29)5-4-10-32-28(30)31/h6-9,15-16,19-21,38H,4-5,10-14,29H2,1-3H3,(H,33,43)(H,34,44)(H,35,45)(H,36,39)(H,37,42)(H,40,41)(H4,30,31,32). The molecule has 4 unspecified atom stereocenters. The fraction of sp³-hybridized carbons (Fsp3) is 0.536. The fourth-order valence-electron chi connectivity index (χ4n) is 3.94. The number of nitrogens with two attached hydrogens (primary N) is 3. The third-order valence-electron chi connectivity index (χ3n) is 6.26. The second-order valence-corrected chi connectivity index (χ2v) is 10.8. The minimum Gasteiger partial charge on any atom is -0.508 e. The molecule has 0 heterocycles. The van der Waals surface area contributed by atoms with Gasteiger partial charge in [-0.3, -0.25) is 33.8 Å². The van der Waals surface area contributed by atoms with Crippen molar-refractivity contribution >= 4 is 41.5 Å². The average Bonchev–Trinajstić information content (AvgIpc) is 2.96. The largest absolute Gasteiger partial charge is 0.508 e. The van der Waals surface area contributed by atoms with Crippen LogP contribution in [0.25, 0.3) is 0 Å². The SMILES string of the molecule is CC(C)CC(NC(=O)C(C)NC(=O)C(Cc1ccc(O)cc1)NC(=O)CNC(=O)C(N)CCCN=C(N)N)C(=O)NCC(=O)O. The van der Waals surface area contributed by atoms with Crippen LogP contribution in [0, 0.1) is 5.92 Å². The van der Waals surface area contributed by atoms with Crippen LogP contribution in [0.2, 0.25) is 0 Å². The highest BCUT2D eigenvalue weighted by atomic mass is 16.4. The first-order valence-corrected chi connectivity index (χ1v) is 14.3. The molecule has 13 N–H and O–H groups in total. The Hall–Kier alpha value is -4.93. The van der Waals surface area contributed by atoms with Gasteiger partial charge in [-0.1, -0.05) is 26.0 Å². The Morgan fingerprint density at radius 2 is 1.44 bits per heavy atom. The van der Waals surface area contributed by atoms with Crippen LogP contribution in [-0.2, 0) is 35.2 Å². The van der Waals surface area contributed by atoms with Crippen molar-refractivity contribution in [3.8, 4) is 5.75 Å². The summed E-state index contributed by atoms with van der Waals surface area (Å²) in [5.41, 5.74) is 16.9. The maximum absolute atomic E-state index is 13.2. The zero-order valence-electron chi connectivity index (χ0n) is 25.7. The summed E-state index contributed by atoms with van der Waals surface area (Å²) in [6.45, 7) is 4.18. The van der Waals surface area contributed by atoms with Gasteiger partial charge in [-0.05, 0) is 49.8 Å². The molecule has 0 fully saturated rings. The van der Waals surface area contributed by atoms with Crippen LogP contribution in [0.5, 0.6) is 5.75 Å². The monoisotopic (exact) mass is 635 g/mol.